The molecule has 5 heteroatoms. The standard InChI is InChI=1S/C30H28FNO3/c1-18-11-12-20(15-26(18)30(33)34)27-16-21(35-29-10-6-5-9-25(27)29)17-32-19(2)22-13-14-28(31)24-8-4-3-7-23(22)24/h3-15,19,21,27,32H,16-17H2,1-2H3,(H,33,34)/t19-,21-,27-/m1/s1. The summed E-state index contributed by atoms with van der Waals surface area (Å²) in [4.78, 5) is 11.7. The fraction of sp³-hybridized carbons (Fsp3) is 0.233. The first-order valence-corrected chi connectivity index (χ1v) is 11.9. The number of fused-ring (bicyclic) bond motifs is 2. The summed E-state index contributed by atoms with van der Waals surface area (Å²) in [6.07, 6.45) is 0.627. The van der Waals surface area contributed by atoms with Crippen LogP contribution in [-0.4, -0.2) is 23.7 Å². The summed E-state index contributed by atoms with van der Waals surface area (Å²) in [6, 6.07) is 24.6. The van der Waals surface area contributed by atoms with Crippen LogP contribution < -0.4 is 10.1 Å². The summed E-state index contributed by atoms with van der Waals surface area (Å²) in [5.74, 6) is -0.269. The second kappa shape index (κ2) is 9.51. The highest BCUT2D eigenvalue weighted by molar-refractivity contribution is 5.89. The number of rotatable bonds is 6. The van der Waals surface area contributed by atoms with E-state index in [2.05, 4.69) is 18.3 Å². The van der Waals surface area contributed by atoms with Crippen LogP contribution in [0.3, 0.4) is 0 Å². The zero-order chi connectivity index (χ0) is 24.5. The Labute approximate surface area is 204 Å². The van der Waals surface area contributed by atoms with Gasteiger partial charge in [-0.3, -0.25) is 0 Å². The van der Waals surface area contributed by atoms with E-state index in [9.17, 15) is 14.3 Å². The third kappa shape index (κ3) is 4.52. The number of hydrogen-bond donors (Lipinski definition) is 2. The lowest BCUT2D eigenvalue weighted by Gasteiger charge is -2.33. The summed E-state index contributed by atoms with van der Waals surface area (Å²) in [5.41, 5.74) is 4.17. The summed E-state index contributed by atoms with van der Waals surface area (Å²) >= 11 is 0. The quantitative estimate of drug-likeness (QED) is 0.333. The zero-order valence-corrected chi connectivity index (χ0v) is 19.8. The molecule has 3 atom stereocenters. The second-order valence-corrected chi connectivity index (χ2v) is 9.26. The van der Waals surface area contributed by atoms with Crippen molar-refractivity contribution in [3.8, 4) is 5.75 Å². The van der Waals surface area contributed by atoms with E-state index in [0.29, 0.717) is 17.5 Å². The third-order valence-corrected chi connectivity index (χ3v) is 7.00. The van der Waals surface area contributed by atoms with E-state index < -0.39 is 5.97 Å². The van der Waals surface area contributed by atoms with E-state index in [1.165, 1.54) is 6.07 Å². The molecule has 1 heterocycles. The topological polar surface area (TPSA) is 58.6 Å². The number of carboxylic acids is 1. The highest BCUT2D eigenvalue weighted by atomic mass is 19.1. The average molecular weight is 470 g/mol. The second-order valence-electron chi connectivity index (χ2n) is 9.26. The fourth-order valence-corrected chi connectivity index (χ4v) is 5.10. The van der Waals surface area contributed by atoms with Crippen LogP contribution in [0.1, 0.15) is 57.9 Å². The van der Waals surface area contributed by atoms with E-state index in [-0.39, 0.29) is 23.9 Å². The Bertz CT molecular complexity index is 1400. The average Bonchev–Trinajstić information content (AvgIpc) is 2.87. The van der Waals surface area contributed by atoms with Crippen molar-refractivity contribution in [2.75, 3.05) is 6.54 Å². The molecule has 5 rings (SSSR count). The van der Waals surface area contributed by atoms with E-state index in [1.54, 1.807) is 12.1 Å². The van der Waals surface area contributed by atoms with Crippen LogP contribution in [0, 0.1) is 12.7 Å². The van der Waals surface area contributed by atoms with Crippen molar-refractivity contribution in [1.29, 1.82) is 0 Å². The lowest BCUT2D eigenvalue weighted by atomic mass is 9.83. The fourth-order valence-electron chi connectivity index (χ4n) is 5.10. The highest BCUT2D eigenvalue weighted by Gasteiger charge is 2.30. The van der Waals surface area contributed by atoms with Gasteiger partial charge in [0, 0.05) is 29.5 Å². The number of aryl methyl sites for hydroxylation is 1. The van der Waals surface area contributed by atoms with Crippen LogP contribution in [0.5, 0.6) is 5.75 Å². The third-order valence-electron chi connectivity index (χ3n) is 7.00. The predicted molar refractivity (Wildman–Crippen MR) is 136 cm³/mol. The monoisotopic (exact) mass is 469 g/mol. The van der Waals surface area contributed by atoms with Gasteiger partial charge in [-0.15, -0.1) is 0 Å². The molecule has 0 spiro atoms. The van der Waals surface area contributed by atoms with Gasteiger partial charge in [0.05, 0.1) is 5.56 Å². The van der Waals surface area contributed by atoms with E-state index in [1.807, 2.05) is 61.5 Å². The summed E-state index contributed by atoms with van der Waals surface area (Å²) in [6.45, 7) is 4.50. The molecule has 178 valence electrons. The smallest absolute Gasteiger partial charge is 0.335 e. The molecule has 0 radical (unpaired) electrons. The lowest BCUT2D eigenvalue weighted by molar-refractivity contribution is 0.0696. The Morgan fingerprint density at radius 2 is 1.80 bits per heavy atom. The molecular formula is C30H28FNO3. The molecule has 4 aromatic rings. The number of benzene rings is 4. The van der Waals surface area contributed by atoms with Gasteiger partial charge < -0.3 is 15.2 Å². The molecule has 1 aliphatic heterocycles. The zero-order valence-electron chi connectivity index (χ0n) is 19.8. The Kier molecular flexibility index (Phi) is 6.27. The number of halogens is 1. The van der Waals surface area contributed by atoms with Crippen molar-refractivity contribution in [1.82, 2.24) is 5.32 Å². The maximum Gasteiger partial charge on any atom is 0.335 e. The number of carboxylic acid groups (broad SMARTS) is 1. The van der Waals surface area contributed by atoms with Gasteiger partial charge in [-0.25, -0.2) is 9.18 Å². The van der Waals surface area contributed by atoms with Crippen LogP contribution in [0.2, 0.25) is 0 Å². The number of hydrogen-bond acceptors (Lipinski definition) is 3. The SMILES string of the molecule is Cc1ccc([C@H]2C[C@H](CN[C@H](C)c3ccc(F)c4ccccc34)Oc3ccccc32)cc1C(=O)O. The molecule has 0 fully saturated rings. The molecule has 1 aliphatic rings. The van der Waals surface area contributed by atoms with Crippen molar-refractivity contribution < 1.29 is 19.0 Å². The molecule has 0 aliphatic carbocycles. The van der Waals surface area contributed by atoms with Crippen molar-refractivity contribution in [2.45, 2.75) is 38.3 Å². The highest BCUT2D eigenvalue weighted by Crippen LogP contribution is 2.41. The minimum Gasteiger partial charge on any atom is -0.489 e. The molecule has 4 nitrogen and oxygen atoms in total. The van der Waals surface area contributed by atoms with Crippen molar-refractivity contribution >= 4 is 16.7 Å². The van der Waals surface area contributed by atoms with Gasteiger partial charge >= 0.3 is 5.97 Å². The number of carbonyl (C=O) groups is 1. The van der Waals surface area contributed by atoms with E-state index in [4.69, 9.17) is 4.74 Å². The molecule has 35 heavy (non-hydrogen) atoms. The molecular weight excluding hydrogens is 441 g/mol. The van der Waals surface area contributed by atoms with Gasteiger partial charge in [-0.2, -0.15) is 0 Å². The van der Waals surface area contributed by atoms with Crippen molar-refractivity contribution in [3.05, 3.63) is 112 Å². The number of nitrogens with one attached hydrogen (secondary N) is 1. The molecule has 4 aromatic carbocycles. The number of para-hydroxylation sites is 1. The van der Waals surface area contributed by atoms with E-state index in [0.717, 1.165) is 39.8 Å². The summed E-state index contributed by atoms with van der Waals surface area (Å²) < 4.78 is 20.6. The molecule has 0 aromatic heterocycles. The van der Waals surface area contributed by atoms with Gasteiger partial charge in [0.2, 0.25) is 0 Å². The first-order valence-electron chi connectivity index (χ1n) is 11.9. The van der Waals surface area contributed by atoms with Crippen molar-refractivity contribution in [3.63, 3.8) is 0 Å². The molecule has 0 amide bonds. The van der Waals surface area contributed by atoms with Crippen LogP contribution in [0.4, 0.5) is 4.39 Å². The predicted octanol–water partition coefficient (Wildman–Crippen LogP) is 6.62. The minimum atomic E-state index is -0.914. The first kappa shape index (κ1) is 23.1. The van der Waals surface area contributed by atoms with E-state index >= 15 is 0 Å². The Hall–Kier alpha value is -3.70. The molecule has 0 saturated heterocycles. The maximum absolute atomic E-state index is 14.3. The Morgan fingerprint density at radius 3 is 2.60 bits per heavy atom. The summed E-state index contributed by atoms with van der Waals surface area (Å²) in [5, 5.41) is 14.7. The molecule has 0 unspecified atom stereocenters. The lowest BCUT2D eigenvalue weighted by Crippen LogP contribution is -2.37. The minimum absolute atomic E-state index is 0.00212. The Balaban J connectivity index is 1.39. The number of ether oxygens (including phenoxy) is 1. The van der Waals surface area contributed by atoms with Gasteiger partial charge in [0.1, 0.15) is 17.7 Å². The van der Waals surface area contributed by atoms with Gasteiger partial charge in [-0.05, 0) is 60.5 Å². The number of aromatic carboxylic acids is 1. The van der Waals surface area contributed by atoms with Crippen LogP contribution >= 0.6 is 0 Å². The van der Waals surface area contributed by atoms with Gasteiger partial charge in [-0.1, -0.05) is 60.7 Å². The Morgan fingerprint density at radius 1 is 1.06 bits per heavy atom. The largest absolute Gasteiger partial charge is 0.489 e. The van der Waals surface area contributed by atoms with Gasteiger partial charge in [0.25, 0.3) is 0 Å². The van der Waals surface area contributed by atoms with Crippen LogP contribution in [-0.2, 0) is 0 Å². The van der Waals surface area contributed by atoms with Crippen LogP contribution in [0.15, 0.2) is 78.9 Å². The molecule has 2 N–H and O–H groups in total. The summed E-state index contributed by atoms with van der Waals surface area (Å²) in [7, 11) is 0. The molecule has 0 bridgehead atoms. The van der Waals surface area contributed by atoms with Gasteiger partial charge in [0.15, 0.2) is 0 Å². The first-order chi connectivity index (χ1) is 16.9. The maximum atomic E-state index is 14.3. The molecule has 0 saturated carbocycles. The normalized spacial score (nSPS) is 18.0. The van der Waals surface area contributed by atoms with Crippen LogP contribution in [0.25, 0.3) is 10.8 Å². The van der Waals surface area contributed by atoms with Crippen molar-refractivity contribution in [2.24, 2.45) is 0 Å².